The molecule has 6 heteroatoms. The summed E-state index contributed by atoms with van der Waals surface area (Å²) in [5, 5.41) is 2.84. The molecule has 1 N–H and O–H groups in total. The smallest absolute Gasteiger partial charge is 0.258 e. The van der Waals surface area contributed by atoms with Gasteiger partial charge in [-0.15, -0.1) is 0 Å². The molecule has 0 heterocycles. The highest BCUT2D eigenvalue weighted by Gasteiger charge is 2.12. The molecular formula is C20H25NO4S. The van der Waals surface area contributed by atoms with Gasteiger partial charge in [-0.1, -0.05) is 38.1 Å². The average molecular weight is 375 g/mol. The van der Waals surface area contributed by atoms with Crippen molar-refractivity contribution in [2.45, 2.75) is 37.6 Å². The van der Waals surface area contributed by atoms with Gasteiger partial charge in [0.15, 0.2) is 16.4 Å². The number of rotatable bonds is 7. The van der Waals surface area contributed by atoms with Gasteiger partial charge >= 0.3 is 0 Å². The minimum atomic E-state index is -3.22. The molecular weight excluding hydrogens is 350 g/mol. The first kappa shape index (κ1) is 20.0. The number of amides is 1. The van der Waals surface area contributed by atoms with Gasteiger partial charge < -0.3 is 10.1 Å². The van der Waals surface area contributed by atoms with Crippen LogP contribution in [0.4, 0.5) is 0 Å². The van der Waals surface area contributed by atoms with E-state index >= 15 is 0 Å². The lowest BCUT2D eigenvalue weighted by molar-refractivity contribution is -0.123. The van der Waals surface area contributed by atoms with Crippen molar-refractivity contribution in [3.05, 3.63) is 59.7 Å². The van der Waals surface area contributed by atoms with E-state index in [0.717, 1.165) is 11.8 Å². The molecule has 0 bridgehead atoms. The SMILES string of the molecule is CC(C)c1ccc(OCC(=O)NC(C)c2ccc(S(C)(=O)=O)cc2)cc1. The topological polar surface area (TPSA) is 72.5 Å². The van der Waals surface area contributed by atoms with Crippen LogP contribution in [0.25, 0.3) is 0 Å². The molecule has 1 amide bonds. The number of benzene rings is 2. The van der Waals surface area contributed by atoms with Crippen LogP contribution in [0.1, 0.15) is 43.9 Å². The van der Waals surface area contributed by atoms with Crippen LogP contribution in [0, 0.1) is 0 Å². The number of hydrogen-bond acceptors (Lipinski definition) is 4. The lowest BCUT2D eigenvalue weighted by Crippen LogP contribution is -2.31. The van der Waals surface area contributed by atoms with E-state index in [1.807, 2.05) is 31.2 Å². The van der Waals surface area contributed by atoms with Crippen molar-refractivity contribution in [2.75, 3.05) is 12.9 Å². The number of carbonyl (C=O) groups is 1. The molecule has 0 aliphatic heterocycles. The molecule has 2 aromatic carbocycles. The molecule has 0 fully saturated rings. The molecule has 140 valence electrons. The van der Waals surface area contributed by atoms with Gasteiger partial charge in [0.25, 0.3) is 5.91 Å². The fourth-order valence-electron chi connectivity index (χ4n) is 2.47. The van der Waals surface area contributed by atoms with Gasteiger partial charge in [0.2, 0.25) is 0 Å². The van der Waals surface area contributed by atoms with Crippen LogP contribution in [0.2, 0.25) is 0 Å². The number of sulfone groups is 1. The summed E-state index contributed by atoms with van der Waals surface area (Å²) in [6, 6.07) is 13.9. The van der Waals surface area contributed by atoms with E-state index in [2.05, 4.69) is 19.2 Å². The van der Waals surface area contributed by atoms with E-state index in [4.69, 9.17) is 4.74 Å². The Labute approximate surface area is 155 Å². The van der Waals surface area contributed by atoms with E-state index in [1.165, 1.54) is 5.56 Å². The minimum absolute atomic E-state index is 0.0766. The van der Waals surface area contributed by atoms with Gasteiger partial charge in [-0.2, -0.15) is 0 Å². The first-order valence-corrected chi connectivity index (χ1v) is 10.4. The molecule has 0 aliphatic carbocycles. The number of hydrogen-bond donors (Lipinski definition) is 1. The third-order valence-corrected chi connectivity index (χ3v) is 5.23. The van der Waals surface area contributed by atoms with Crippen molar-refractivity contribution in [3.8, 4) is 5.75 Å². The Morgan fingerprint density at radius 3 is 2.00 bits per heavy atom. The highest BCUT2D eigenvalue weighted by Crippen LogP contribution is 2.19. The second-order valence-electron chi connectivity index (χ2n) is 6.64. The molecule has 5 nitrogen and oxygen atoms in total. The predicted octanol–water partition coefficient (Wildman–Crippen LogP) is 3.47. The Hall–Kier alpha value is -2.34. The maximum absolute atomic E-state index is 12.1. The van der Waals surface area contributed by atoms with Crippen LogP contribution in [-0.4, -0.2) is 27.2 Å². The average Bonchev–Trinajstić information content (AvgIpc) is 2.59. The molecule has 1 unspecified atom stereocenters. The number of nitrogens with one attached hydrogen (secondary N) is 1. The third kappa shape index (κ3) is 5.59. The van der Waals surface area contributed by atoms with Crippen LogP contribution in [0.3, 0.4) is 0 Å². The first-order valence-electron chi connectivity index (χ1n) is 8.49. The van der Waals surface area contributed by atoms with Gasteiger partial charge in [0.05, 0.1) is 10.9 Å². The van der Waals surface area contributed by atoms with Crippen LogP contribution in [-0.2, 0) is 14.6 Å². The molecule has 0 spiro atoms. The Balaban J connectivity index is 1.88. The summed E-state index contributed by atoms with van der Waals surface area (Å²) < 4.78 is 28.5. The fourth-order valence-corrected chi connectivity index (χ4v) is 3.10. The van der Waals surface area contributed by atoms with E-state index < -0.39 is 9.84 Å². The van der Waals surface area contributed by atoms with Gasteiger partial charge in [-0.05, 0) is 48.2 Å². The summed E-state index contributed by atoms with van der Waals surface area (Å²) in [6.07, 6.45) is 1.16. The number of ether oxygens (including phenoxy) is 1. The quantitative estimate of drug-likeness (QED) is 0.804. The minimum Gasteiger partial charge on any atom is -0.484 e. The van der Waals surface area contributed by atoms with Gasteiger partial charge in [-0.3, -0.25) is 4.79 Å². The molecule has 2 rings (SSSR count). The van der Waals surface area contributed by atoms with E-state index in [9.17, 15) is 13.2 Å². The van der Waals surface area contributed by atoms with Gasteiger partial charge in [0.1, 0.15) is 5.75 Å². The summed E-state index contributed by atoms with van der Waals surface area (Å²) in [4.78, 5) is 12.3. The molecule has 0 radical (unpaired) electrons. The highest BCUT2D eigenvalue weighted by molar-refractivity contribution is 7.90. The van der Waals surface area contributed by atoms with Crippen LogP contribution in [0.15, 0.2) is 53.4 Å². The summed E-state index contributed by atoms with van der Waals surface area (Å²) in [5.41, 5.74) is 2.04. The van der Waals surface area contributed by atoms with Crippen molar-refractivity contribution in [3.63, 3.8) is 0 Å². The normalized spacial score (nSPS) is 12.7. The summed E-state index contributed by atoms with van der Waals surface area (Å²) in [7, 11) is -3.22. The Morgan fingerprint density at radius 2 is 1.50 bits per heavy atom. The summed E-state index contributed by atoms with van der Waals surface area (Å²) in [5.74, 6) is 0.856. The zero-order chi connectivity index (χ0) is 19.3. The summed E-state index contributed by atoms with van der Waals surface area (Å²) in [6.45, 7) is 6.00. The van der Waals surface area contributed by atoms with E-state index in [0.29, 0.717) is 11.7 Å². The maximum Gasteiger partial charge on any atom is 0.258 e. The van der Waals surface area contributed by atoms with Crippen LogP contribution >= 0.6 is 0 Å². The zero-order valence-electron chi connectivity index (χ0n) is 15.5. The molecule has 0 saturated heterocycles. The van der Waals surface area contributed by atoms with Gasteiger partial charge in [0, 0.05) is 6.26 Å². The monoisotopic (exact) mass is 375 g/mol. The predicted molar refractivity (Wildman–Crippen MR) is 102 cm³/mol. The second kappa shape index (κ2) is 8.36. The van der Waals surface area contributed by atoms with E-state index in [-0.39, 0.29) is 23.5 Å². The molecule has 0 aromatic heterocycles. The summed E-state index contributed by atoms with van der Waals surface area (Å²) >= 11 is 0. The molecule has 26 heavy (non-hydrogen) atoms. The first-order chi connectivity index (χ1) is 12.2. The van der Waals surface area contributed by atoms with Crippen molar-refractivity contribution < 1.29 is 17.9 Å². The fraction of sp³-hybridized carbons (Fsp3) is 0.350. The van der Waals surface area contributed by atoms with Crippen molar-refractivity contribution >= 4 is 15.7 Å². The molecule has 1 atom stereocenters. The third-order valence-electron chi connectivity index (χ3n) is 4.10. The lowest BCUT2D eigenvalue weighted by atomic mass is 10.0. The largest absolute Gasteiger partial charge is 0.484 e. The molecule has 0 saturated carbocycles. The lowest BCUT2D eigenvalue weighted by Gasteiger charge is -2.15. The van der Waals surface area contributed by atoms with Crippen molar-refractivity contribution in [1.82, 2.24) is 5.32 Å². The van der Waals surface area contributed by atoms with Crippen molar-refractivity contribution in [2.24, 2.45) is 0 Å². The highest BCUT2D eigenvalue weighted by atomic mass is 32.2. The Bertz CT molecular complexity index is 840. The van der Waals surface area contributed by atoms with Crippen LogP contribution < -0.4 is 10.1 Å². The van der Waals surface area contributed by atoms with E-state index in [1.54, 1.807) is 24.3 Å². The molecule has 2 aromatic rings. The van der Waals surface area contributed by atoms with Crippen molar-refractivity contribution in [1.29, 1.82) is 0 Å². The Morgan fingerprint density at radius 1 is 0.962 bits per heavy atom. The van der Waals surface area contributed by atoms with Crippen LogP contribution in [0.5, 0.6) is 5.75 Å². The maximum atomic E-state index is 12.1. The standard InChI is InChI=1S/C20H25NO4S/c1-14(2)16-5-9-18(10-6-16)25-13-20(22)21-15(3)17-7-11-19(12-8-17)26(4,23)24/h5-12,14-15H,13H2,1-4H3,(H,21,22). The second-order valence-corrected chi connectivity index (χ2v) is 8.66. The Kier molecular flexibility index (Phi) is 6.42. The zero-order valence-corrected chi connectivity index (χ0v) is 16.3. The van der Waals surface area contributed by atoms with Gasteiger partial charge in [-0.25, -0.2) is 8.42 Å². The molecule has 0 aliphatic rings. The number of carbonyl (C=O) groups excluding carboxylic acids is 1.